The molecule has 1 saturated carbocycles. The van der Waals surface area contributed by atoms with Gasteiger partial charge in [-0.1, -0.05) is 12.5 Å². The number of fused-ring (bicyclic) bond motifs is 1. The van der Waals surface area contributed by atoms with Gasteiger partial charge in [0.05, 0.1) is 17.6 Å². The van der Waals surface area contributed by atoms with Crippen LogP contribution in [-0.2, 0) is 17.9 Å². The molecule has 2 aromatic rings. The molecule has 186 valence electrons. The summed E-state index contributed by atoms with van der Waals surface area (Å²) >= 11 is 0. The first-order chi connectivity index (χ1) is 15.2. The van der Waals surface area contributed by atoms with Crippen molar-refractivity contribution in [2.24, 2.45) is 11.7 Å². The molecule has 1 aliphatic rings. The molecule has 1 heterocycles. The number of carbonyl (C=O) groups excluding carboxylic acids is 1. The smallest absolute Gasteiger partial charge is 0.352 e. The van der Waals surface area contributed by atoms with E-state index in [0.717, 1.165) is 6.42 Å². The van der Waals surface area contributed by atoms with Gasteiger partial charge in [-0.15, -0.1) is 0 Å². The van der Waals surface area contributed by atoms with Crippen molar-refractivity contribution in [3.8, 4) is 0 Å². The summed E-state index contributed by atoms with van der Waals surface area (Å²) in [5, 5.41) is 2.06. The minimum absolute atomic E-state index is 0.118. The summed E-state index contributed by atoms with van der Waals surface area (Å²) < 4.78 is 99.0. The van der Waals surface area contributed by atoms with E-state index in [2.05, 4.69) is 15.3 Å². The van der Waals surface area contributed by atoms with Crippen LogP contribution < -0.4 is 11.1 Å². The monoisotopic (exact) mass is 488 g/mol. The van der Waals surface area contributed by atoms with E-state index in [9.17, 15) is 39.9 Å². The number of alkyl halides is 8. The number of amides is 1. The van der Waals surface area contributed by atoms with Crippen molar-refractivity contribution >= 4 is 16.9 Å². The molecule has 1 fully saturated rings. The van der Waals surface area contributed by atoms with E-state index in [1.165, 1.54) is 0 Å². The van der Waals surface area contributed by atoms with Gasteiger partial charge in [0, 0.05) is 25.8 Å². The Balaban J connectivity index is 0.000000405. The van der Waals surface area contributed by atoms with Crippen LogP contribution in [0.4, 0.5) is 35.1 Å². The first kappa shape index (κ1) is 26.8. The van der Waals surface area contributed by atoms with Crippen LogP contribution in [0.1, 0.15) is 49.9 Å². The summed E-state index contributed by atoms with van der Waals surface area (Å²) in [6.07, 6.45) is -10.1. The molecule has 5 nitrogen and oxygen atoms in total. The maximum Gasteiger partial charge on any atom is 0.400 e. The van der Waals surface area contributed by atoms with Gasteiger partial charge in [-0.25, -0.2) is 13.8 Å². The van der Waals surface area contributed by atoms with Crippen molar-refractivity contribution in [1.29, 1.82) is 0 Å². The second-order valence-corrected chi connectivity index (χ2v) is 7.77. The maximum atomic E-state index is 12.4. The Kier molecular flexibility index (Phi) is 8.66. The number of halogens is 8. The zero-order chi connectivity index (χ0) is 24.9. The fraction of sp³-hybridized carbons (Fsp3) is 0.600. The van der Waals surface area contributed by atoms with E-state index in [-0.39, 0.29) is 25.9 Å². The number of nitrogens with zero attached hydrogens (tertiary/aromatic N) is 1. The molecule has 1 aromatic heterocycles. The number of rotatable bonds is 5. The Morgan fingerprint density at radius 3 is 2.18 bits per heavy atom. The summed E-state index contributed by atoms with van der Waals surface area (Å²) in [6, 6.07) is 4.72. The second-order valence-electron chi connectivity index (χ2n) is 7.77. The molecule has 1 amide bonds. The lowest BCUT2D eigenvalue weighted by atomic mass is 9.97. The first-order valence-electron chi connectivity index (χ1n) is 10.2. The van der Waals surface area contributed by atoms with Crippen molar-refractivity contribution in [2.45, 2.75) is 69.9 Å². The molecule has 13 heteroatoms. The van der Waals surface area contributed by atoms with Crippen molar-refractivity contribution in [3.05, 3.63) is 29.6 Å². The van der Waals surface area contributed by atoms with Crippen LogP contribution in [0.5, 0.6) is 0 Å². The van der Waals surface area contributed by atoms with Crippen LogP contribution in [0, 0.1) is 5.92 Å². The molecule has 1 aromatic carbocycles. The highest BCUT2D eigenvalue weighted by molar-refractivity contribution is 5.78. The summed E-state index contributed by atoms with van der Waals surface area (Å²) in [7, 11) is 0. The number of hydrogen-bond acceptors (Lipinski definition) is 3. The number of aromatic amines is 1. The van der Waals surface area contributed by atoms with E-state index >= 15 is 0 Å². The lowest BCUT2D eigenvalue weighted by Gasteiger charge is -2.22. The number of nitrogens with two attached hydrogens (primary N) is 1. The molecule has 33 heavy (non-hydrogen) atoms. The number of carbonyl (C=O) groups is 1. The molecular weight excluding hydrogens is 464 g/mol. The van der Waals surface area contributed by atoms with Gasteiger partial charge in [-0.3, -0.25) is 4.79 Å². The number of nitrogens with one attached hydrogen (secondary N) is 2. The van der Waals surface area contributed by atoms with E-state index in [4.69, 9.17) is 5.73 Å². The normalized spacial score (nSPS) is 16.4. The molecule has 0 bridgehead atoms. The van der Waals surface area contributed by atoms with E-state index in [1.807, 2.05) is 0 Å². The topological polar surface area (TPSA) is 83.8 Å². The zero-order valence-corrected chi connectivity index (χ0v) is 17.4. The summed E-state index contributed by atoms with van der Waals surface area (Å²) in [5.74, 6) is -6.83. The summed E-state index contributed by atoms with van der Waals surface area (Å²) in [4.78, 5) is 18.5. The third-order valence-electron chi connectivity index (χ3n) is 5.04. The number of benzene rings is 1. The van der Waals surface area contributed by atoms with Gasteiger partial charge in [-0.2, -0.15) is 26.3 Å². The van der Waals surface area contributed by atoms with E-state index < -0.39 is 36.5 Å². The predicted octanol–water partition coefficient (Wildman–Crippen LogP) is 5.35. The standard InChI is InChI=1S/C14H14F6N4O.C6H10F2/c15-13(16,17)10(14(18,19)20)4-12(25)22-6-7-1-2-8-9(3-7)24-11(5-21)23-8;7-6(8)4-2-1-3-5-6/h1-3,10H,4-6,21H2,(H,22,25)(H,23,24);1-5H2. The van der Waals surface area contributed by atoms with E-state index in [1.54, 1.807) is 18.2 Å². The summed E-state index contributed by atoms with van der Waals surface area (Å²) in [6.45, 7) is -0.0365. The minimum atomic E-state index is -5.54. The van der Waals surface area contributed by atoms with Gasteiger partial charge in [0.2, 0.25) is 11.8 Å². The lowest BCUT2D eigenvalue weighted by Crippen LogP contribution is -2.40. The highest BCUT2D eigenvalue weighted by Gasteiger charge is 2.57. The van der Waals surface area contributed by atoms with Crippen molar-refractivity contribution < 1.29 is 39.9 Å². The van der Waals surface area contributed by atoms with Crippen molar-refractivity contribution in [1.82, 2.24) is 15.3 Å². The van der Waals surface area contributed by atoms with Crippen LogP contribution in [0.2, 0.25) is 0 Å². The molecule has 0 radical (unpaired) electrons. The van der Waals surface area contributed by atoms with Crippen molar-refractivity contribution in [2.75, 3.05) is 0 Å². The van der Waals surface area contributed by atoms with Crippen LogP contribution in [0.15, 0.2) is 18.2 Å². The molecular formula is C20H24F8N4O. The van der Waals surface area contributed by atoms with Crippen molar-refractivity contribution in [3.63, 3.8) is 0 Å². The Labute approximate surface area is 184 Å². The van der Waals surface area contributed by atoms with Gasteiger partial charge >= 0.3 is 12.4 Å². The average molecular weight is 488 g/mol. The first-order valence-corrected chi connectivity index (χ1v) is 10.2. The molecule has 1 aliphatic carbocycles. The molecule has 0 saturated heterocycles. The minimum Gasteiger partial charge on any atom is -0.352 e. The Morgan fingerprint density at radius 1 is 1.09 bits per heavy atom. The van der Waals surface area contributed by atoms with Gasteiger partial charge in [-0.05, 0) is 30.5 Å². The fourth-order valence-corrected chi connectivity index (χ4v) is 3.26. The molecule has 0 spiro atoms. The molecule has 0 unspecified atom stereocenters. The number of aromatic nitrogens is 2. The van der Waals surface area contributed by atoms with Crippen LogP contribution >= 0.6 is 0 Å². The third-order valence-corrected chi connectivity index (χ3v) is 5.04. The largest absolute Gasteiger partial charge is 0.400 e. The van der Waals surface area contributed by atoms with Crippen LogP contribution in [0.25, 0.3) is 11.0 Å². The number of H-pyrrole nitrogens is 1. The second kappa shape index (κ2) is 10.7. The Bertz CT molecular complexity index is 901. The van der Waals surface area contributed by atoms with Gasteiger partial charge < -0.3 is 16.0 Å². The van der Waals surface area contributed by atoms with Crippen LogP contribution in [-0.4, -0.2) is 34.2 Å². The number of imidazole rings is 1. The zero-order valence-electron chi connectivity index (χ0n) is 17.4. The number of hydrogen-bond donors (Lipinski definition) is 3. The van der Waals surface area contributed by atoms with Gasteiger partial charge in [0.15, 0.2) is 5.92 Å². The SMILES string of the molecule is FC1(F)CCCCC1.NCc1nc2ccc(CNC(=O)CC(C(F)(F)F)C(F)(F)F)cc2[nH]1. The third kappa shape index (κ3) is 8.45. The molecule has 3 rings (SSSR count). The predicted molar refractivity (Wildman–Crippen MR) is 104 cm³/mol. The average Bonchev–Trinajstić information content (AvgIpc) is 3.11. The fourth-order valence-electron chi connectivity index (χ4n) is 3.26. The molecule has 0 aliphatic heterocycles. The van der Waals surface area contributed by atoms with E-state index in [0.29, 0.717) is 35.3 Å². The quantitative estimate of drug-likeness (QED) is 0.496. The van der Waals surface area contributed by atoms with Crippen LogP contribution in [0.3, 0.4) is 0 Å². The summed E-state index contributed by atoms with van der Waals surface area (Å²) in [5.41, 5.74) is 7.12. The highest BCUT2D eigenvalue weighted by Crippen LogP contribution is 2.41. The lowest BCUT2D eigenvalue weighted by molar-refractivity contribution is -0.284. The van der Waals surface area contributed by atoms with Gasteiger partial charge in [0.25, 0.3) is 0 Å². The van der Waals surface area contributed by atoms with Gasteiger partial charge in [0.1, 0.15) is 5.82 Å². The molecule has 4 N–H and O–H groups in total. The Hall–Kier alpha value is -2.44. The Morgan fingerprint density at radius 2 is 1.70 bits per heavy atom. The maximum absolute atomic E-state index is 12.4. The highest BCUT2D eigenvalue weighted by atomic mass is 19.4. The molecule has 0 atom stereocenters.